The number of rotatable bonds is 4. The van der Waals surface area contributed by atoms with Gasteiger partial charge in [0, 0.05) is 17.5 Å². The van der Waals surface area contributed by atoms with Crippen LogP contribution in [0.15, 0.2) is 34.7 Å². The minimum Gasteiger partial charge on any atom is -0.460 e. The van der Waals surface area contributed by atoms with Gasteiger partial charge in [-0.25, -0.2) is 0 Å². The van der Waals surface area contributed by atoms with Crippen molar-refractivity contribution in [3.63, 3.8) is 0 Å². The second kappa shape index (κ2) is 5.95. The molecule has 0 radical (unpaired) electrons. The molecule has 3 nitrogen and oxygen atoms in total. The first-order valence-electron chi connectivity index (χ1n) is 8.94. The van der Waals surface area contributed by atoms with Crippen molar-refractivity contribution >= 4 is 11.0 Å². The zero-order chi connectivity index (χ0) is 16.0. The van der Waals surface area contributed by atoms with Crippen LogP contribution in [0.3, 0.4) is 0 Å². The number of para-hydroxylation sites is 1. The van der Waals surface area contributed by atoms with E-state index in [1.54, 1.807) is 0 Å². The molecule has 2 aliphatic rings. The predicted octanol–water partition coefficient (Wildman–Crippen LogP) is 3.98. The number of hydrogen-bond donors (Lipinski definition) is 0. The molecule has 2 fully saturated rings. The maximum atomic E-state index is 5.99. The average molecular weight is 312 g/mol. The van der Waals surface area contributed by atoms with Crippen LogP contribution in [0.1, 0.15) is 31.4 Å². The summed E-state index contributed by atoms with van der Waals surface area (Å²) >= 11 is 0. The molecule has 2 aliphatic carbocycles. The van der Waals surface area contributed by atoms with Crippen LogP contribution in [0.5, 0.6) is 0 Å². The van der Waals surface area contributed by atoms with Crippen LogP contribution < -0.4 is 0 Å². The lowest BCUT2D eigenvalue weighted by atomic mass is 10.0. The van der Waals surface area contributed by atoms with Crippen molar-refractivity contribution in [1.29, 1.82) is 0 Å². The molecule has 4 atom stereocenters. The van der Waals surface area contributed by atoms with Gasteiger partial charge in [0.2, 0.25) is 0 Å². The van der Waals surface area contributed by atoms with Crippen molar-refractivity contribution < 1.29 is 4.42 Å². The van der Waals surface area contributed by atoms with Crippen LogP contribution in [0.2, 0.25) is 0 Å². The highest BCUT2D eigenvalue weighted by Crippen LogP contribution is 2.46. The summed E-state index contributed by atoms with van der Waals surface area (Å²) in [4.78, 5) is 4.94. The molecule has 0 N–H and O–H groups in total. The largest absolute Gasteiger partial charge is 0.460 e. The molecule has 0 spiro atoms. The maximum absolute atomic E-state index is 5.99. The summed E-state index contributed by atoms with van der Waals surface area (Å²) in [6.45, 7) is 0.926. The quantitative estimate of drug-likeness (QED) is 0.851. The van der Waals surface area contributed by atoms with Crippen molar-refractivity contribution in [2.45, 2.75) is 44.3 Å². The lowest BCUT2D eigenvalue weighted by Crippen LogP contribution is -2.31. The minimum atomic E-state index is 0.723. The van der Waals surface area contributed by atoms with Gasteiger partial charge < -0.3 is 9.32 Å². The number of benzene rings is 1. The van der Waals surface area contributed by atoms with E-state index >= 15 is 0 Å². The third-order valence-electron chi connectivity index (χ3n) is 6.20. The smallest absolute Gasteiger partial charge is 0.134 e. The maximum Gasteiger partial charge on any atom is 0.134 e. The van der Waals surface area contributed by atoms with Gasteiger partial charge in [-0.1, -0.05) is 18.2 Å². The Morgan fingerprint density at radius 2 is 1.61 bits per heavy atom. The van der Waals surface area contributed by atoms with Gasteiger partial charge in [-0.05, 0) is 70.8 Å². The van der Waals surface area contributed by atoms with Gasteiger partial charge in [0.25, 0.3) is 0 Å². The lowest BCUT2D eigenvalue weighted by molar-refractivity contribution is 0.201. The van der Waals surface area contributed by atoms with Crippen molar-refractivity contribution in [3.05, 3.63) is 36.1 Å². The highest BCUT2D eigenvalue weighted by molar-refractivity contribution is 5.77. The first kappa shape index (κ1) is 15.2. The molecule has 124 valence electrons. The van der Waals surface area contributed by atoms with E-state index in [-0.39, 0.29) is 0 Å². The van der Waals surface area contributed by atoms with Crippen LogP contribution >= 0.6 is 0 Å². The van der Waals surface area contributed by atoms with Gasteiger partial charge in [0.1, 0.15) is 11.3 Å². The van der Waals surface area contributed by atoms with Gasteiger partial charge in [-0.2, -0.15) is 0 Å². The van der Waals surface area contributed by atoms with Crippen LogP contribution in [0.4, 0.5) is 0 Å². The Morgan fingerprint density at radius 1 is 0.957 bits per heavy atom. The normalized spacial score (nSPS) is 30.7. The summed E-state index contributed by atoms with van der Waals surface area (Å²) in [5, 5.41) is 1.22. The average Bonchev–Trinajstić information content (AvgIpc) is 3.18. The van der Waals surface area contributed by atoms with Gasteiger partial charge >= 0.3 is 0 Å². The SMILES string of the molecule is CN(C)C1C[C@@H]2CC(N(C)Cc3cc4ccccc4o3)C[C@@H]2C1. The van der Waals surface area contributed by atoms with E-state index in [2.05, 4.69) is 55.2 Å². The lowest BCUT2D eigenvalue weighted by Gasteiger charge is -2.26. The molecule has 0 bridgehead atoms. The molecule has 0 aliphatic heterocycles. The van der Waals surface area contributed by atoms with Crippen molar-refractivity contribution in [1.82, 2.24) is 9.80 Å². The molecule has 0 amide bonds. The van der Waals surface area contributed by atoms with Crippen LogP contribution in [-0.4, -0.2) is 43.0 Å². The second-order valence-corrected chi connectivity index (χ2v) is 7.90. The molecule has 0 saturated heterocycles. The molecule has 1 aromatic heterocycles. The van der Waals surface area contributed by atoms with E-state index in [4.69, 9.17) is 4.42 Å². The molecule has 2 unspecified atom stereocenters. The van der Waals surface area contributed by atoms with E-state index in [0.29, 0.717) is 0 Å². The second-order valence-electron chi connectivity index (χ2n) is 7.90. The molecule has 4 rings (SSSR count). The number of hydrogen-bond acceptors (Lipinski definition) is 3. The molecule has 1 aromatic carbocycles. The van der Waals surface area contributed by atoms with Crippen LogP contribution in [0.25, 0.3) is 11.0 Å². The third-order valence-corrected chi connectivity index (χ3v) is 6.20. The summed E-state index contributed by atoms with van der Waals surface area (Å²) in [6, 6.07) is 12.0. The number of fused-ring (bicyclic) bond motifs is 2. The topological polar surface area (TPSA) is 19.6 Å². The Morgan fingerprint density at radius 3 is 2.26 bits per heavy atom. The highest BCUT2D eigenvalue weighted by Gasteiger charge is 2.43. The first-order valence-corrected chi connectivity index (χ1v) is 8.94. The summed E-state index contributed by atoms with van der Waals surface area (Å²) in [6.07, 6.45) is 5.52. The molecule has 23 heavy (non-hydrogen) atoms. The van der Waals surface area contributed by atoms with Gasteiger partial charge in [-0.3, -0.25) is 4.90 Å². The monoisotopic (exact) mass is 312 g/mol. The van der Waals surface area contributed by atoms with Gasteiger partial charge in [0.05, 0.1) is 6.54 Å². The van der Waals surface area contributed by atoms with E-state index < -0.39 is 0 Å². The summed E-state index contributed by atoms with van der Waals surface area (Å²) < 4.78 is 5.99. The molecular formula is C20H28N2O. The Hall–Kier alpha value is -1.32. The van der Waals surface area contributed by atoms with Crippen molar-refractivity contribution in [3.8, 4) is 0 Å². The van der Waals surface area contributed by atoms with Crippen LogP contribution in [0, 0.1) is 11.8 Å². The van der Waals surface area contributed by atoms with Gasteiger partial charge in [0.15, 0.2) is 0 Å². The number of furan rings is 1. The standard InChI is InChI=1S/C20H28N2O/c1-21(2)17-8-15-10-18(11-16(15)9-17)22(3)13-19-12-14-6-4-5-7-20(14)23-19/h4-7,12,15-18H,8-11,13H2,1-3H3/t15-,16+,17?,18?. The molecular weight excluding hydrogens is 284 g/mol. The summed E-state index contributed by atoms with van der Waals surface area (Å²) in [7, 11) is 6.73. The number of nitrogens with zero attached hydrogens (tertiary/aromatic N) is 2. The fourth-order valence-corrected chi connectivity index (χ4v) is 4.82. The summed E-state index contributed by atoms with van der Waals surface area (Å²) in [5.74, 6) is 2.97. The zero-order valence-corrected chi connectivity index (χ0v) is 14.5. The fraction of sp³-hybridized carbons (Fsp3) is 0.600. The Balaban J connectivity index is 1.38. The molecule has 2 saturated carbocycles. The van der Waals surface area contributed by atoms with E-state index in [9.17, 15) is 0 Å². The Kier molecular flexibility index (Phi) is 3.94. The molecule has 1 heterocycles. The minimum absolute atomic E-state index is 0.723. The predicted molar refractivity (Wildman–Crippen MR) is 94.4 cm³/mol. The van der Waals surface area contributed by atoms with Crippen molar-refractivity contribution in [2.24, 2.45) is 11.8 Å². The fourth-order valence-electron chi connectivity index (χ4n) is 4.82. The van der Waals surface area contributed by atoms with Crippen LogP contribution in [-0.2, 0) is 6.54 Å². The van der Waals surface area contributed by atoms with Gasteiger partial charge in [-0.15, -0.1) is 0 Å². The Bertz CT molecular complexity index is 630. The van der Waals surface area contributed by atoms with E-state index in [1.165, 1.54) is 31.1 Å². The molecule has 3 heteroatoms. The first-order chi connectivity index (χ1) is 11.1. The van der Waals surface area contributed by atoms with Crippen molar-refractivity contribution in [2.75, 3.05) is 21.1 Å². The highest BCUT2D eigenvalue weighted by atomic mass is 16.3. The summed E-state index contributed by atoms with van der Waals surface area (Å²) in [5.41, 5.74) is 1.01. The Labute approximate surface area is 139 Å². The third kappa shape index (κ3) is 2.92. The van der Waals surface area contributed by atoms with E-state index in [0.717, 1.165) is 41.8 Å². The van der Waals surface area contributed by atoms with E-state index in [1.807, 2.05) is 6.07 Å². The zero-order valence-electron chi connectivity index (χ0n) is 14.5. The molecule has 2 aromatic rings.